The highest BCUT2D eigenvalue weighted by Crippen LogP contribution is 2.26. The lowest BCUT2D eigenvalue weighted by atomic mass is 10.2. The van der Waals surface area contributed by atoms with Crippen LogP contribution in [0.4, 0.5) is 5.69 Å². The Bertz CT molecular complexity index is 657. The number of hydrogen-bond acceptors (Lipinski definition) is 4. The minimum atomic E-state index is 0.138. The van der Waals surface area contributed by atoms with E-state index in [4.69, 9.17) is 4.74 Å². The van der Waals surface area contributed by atoms with E-state index < -0.39 is 0 Å². The molecule has 0 saturated carbocycles. The molecule has 1 aliphatic heterocycles. The summed E-state index contributed by atoms with van der Waals surface area (Å²) in [5.74, 6) is 0.745. The summed E-state index contributed by atoms with van der Waals surface area (Å²) in [6, 6.07) is 5.73. The van der Waals surface area contributed by atoms with Crippen molar-refractivity contribution in [1.82, 2.24) is 0 Å². The third-order valence-corrected chi connectivity index (χ3v) is 4.86. The van der Waals surface area contributed by atoms with Gasteiger partial charge in [0, 0.05) is 28.6 Å². The van der Waals surface area contributed by atoms with Gasteiger partial charge in [-0.2, -0.15) is 0 Å². The first-order chi connectivity index (χ1) is 9.79. The van der Waals surface area contributed by atoms with Gasteiger partial charge in [-0.15, -0.1) is 11.3 Å². The van der Waals surface area contributed by atoms with E-state index in [2.05, 4.69) is 4.90 Å². The maximum absolute atomic E-state index is 12.7. The van der Waals surface area contributed by atoms with E-state index in [9.17, 15) is 4.79 Å². The normalized spacial score (nSPS) is 16.1. The number of ether oxygens (including phenoxy) is 1. The van der Waals surface area contributed by atoms with Gasteiger partial charge in [-0.3, -0.25) is 4.79 Å². The van der Waals surface area contributed by atoms with Gasteiger partial charge in [0.2, 0.25) is 5.43 Å². The molecule has 0 N–H and O–H groups in total. The predicted molar refractivity (Wildman–Crippen MR) is 85.3 cm³/mol. The zero-order valence-corrected chi connectivity index (χ0v) is 12.5. The van der Waals surface area contributed by atoms with E-state index in [0.717, 1.165) is 34.6 Å². The fraction of sp³-hybridized carbons (Fsp3) is 0.438. The fourth-order valence-corrected chi connectivity index (χ4v) is 3.68. The van der Waals surface area contributed by atoms with Gasteiger partial charge in [0.1, 0.15) is 5.75 Å². The lowest BCUT2D eigenvalue weighted by molar-refractivity contribution is 0.415. The van der Waals surface area contributed by atoms with Gasteiger partial charge in [-0.05, 0) is 31.0 Å². The number of benzene rings is 1. The van der Waals surface area contributed by atoms with Gasteiger partial charge >= 0.3 is 0 Å². The number of nitrogens with zero attached hydrogens (tertiary/aromatic N) is 1. The molecule has 1 saturated heterocycles. The third-order valence-electron chi connectivity index (χ3n) is 3.91. The van der Waals surface area contributed by atoms with Crippen molar-refractivity contribution in [3.63, 3.8) is 0 Å². The summed E-state index contributed by atoms with van der Waals surface area (Å²) in [7, 11) is 1.63. The Morgan fingerprint density at radius 1 is 1.15 bits per heavy atom. The summed E-state index contributed by atoms with van der Waals surface area (Å²) in [6.45, 7) is 1.99. The van der Waals surface area contributed by atoms with Crippen LogP contribution in [-0.2, 0) is 0 Å². The average molecular weight is 289 g/mol. The molecular formula is C16H19NO2S. The maximum atomic E-state index is 12.7. The lowest BCUT2D eigenvalue weighted by Gasteiger charge is -2.21. The first-order valence-corrected chi connectivity index (χ1v) is 8.02. The Balaban J connectivity index is 2.07. The topological polar surface area (TPSA) is 29.5 Å². The van der Waals surface area contributed by atoms with E-state index in [1.807, 2.05) is 23.6 Å². The van der Waals surface area contributed by atoms with Crippen LogP contribution in [0.15, 0.2) is 28.4 Å². The highest BCUT2D eigenvalue weighted by molar-refractivity contribution is 7.16. The molecule has 0 bridgehead atoms. The minimum absolute atomic E-state index is 0.138. The van der Waals surface area contributed by atoms with Gasteiger partial charge in [0.25, 0.3) is 0 Å². The summed E-state index contributed by atoms with van der Waals surface area (Å²) in [5, 5.41) is 2.79. The Hall–Kier alpha value is -1.55. The van der Waals surface area contributed by atoms with E-state index in [1.165, 1.54) is 25.7 Å². The standard InChI is InChI=1S/C16H19NO2S/c1-19-12-6-7-15-13(10-12)16(18)14(11-20-15)17-8-4-2-3-5-9-17/h6-7,10-11H,2-5,8-9H2,1H3. The molecule has 1 fully saturated rings. The average Bonchev–Trinajstić information content (AvgIpc) is 2.76. The van der Waals surface area contributed by atoms with Crippen LogP contribution in [0.25, 0.3) is 10.1 Å². The number of hydrogen-bond donors (Lipinski definition) is 0. The SMILES string of the molecule is COc1ccc2scc(N3CCCCCC3)c(=O)c2c1. The Morgan fingerprint density at radius 2 is 1.90 bits per heavy atom. The summed E-state index contributed by atoms with van der Waals surface area (Å²) in [4.78, 5) is 15.0. The van der Waals surface area contributed by atoms with Crippen molar-refractivity contribution >= 4 is 27.1 Å². The van der Waals surface area contributed by atoms with E-state index in [1.54, 1.807) is 18.4 Å². The second-order valence-electron chi connectivity index (χ2n) is 5.21. The molecule has 4 heteroatoms. The van der Waals surface area contributed by atoms with Crippen LogP contribution >= 0.6 is 11.3 Å². The van der Waals surface area contributed by atoms with E-state index in [0.29, 0.717) is 0 Å². The molecule has 106 valence electrons. The molecule has 0 spiro atoms. The first kappa shape index (κ1) is 13.4. The summed E-state index contributed by atoms with van der Waals surface area (Å²) >= 11 is 1.64. The molecule has 0 radical (unpaired) electrons. The van der Waals surface area contributed by atoms with Crippen LogP contribution in [0.3, 0.4) is 0 Å². The summed E-state index contributed by atoms with van der Waals surface area (Å²) in [5.41, 5.74) is 0.997. The highest BCUT2D eigenvalue weighted by atomic mass is 32.1. The molecule has 0 aliphatic carbocycles. The van der Waals surface area contributed by atoms with Gasteiger partial charge in [0.15, 0.2) is 0 Å². The molecular weight excluding hydrogens is 270 g/mol. The zero-order chi connectivity index (χ0) is 13.9. The van der Waals surface area contributed by atoms with Crippen LogP contribution in [0.5, 0.6) is 5.75 Å². The Morgan fingerprint density at radius 3 is 2.60 bits per heavy atom. The molecule has 20 heavy (non-hydrogen) atoms. The summed E-state index contributed by atoms with van der Waals surface area (Å²) < 4.78 is 6.26. The van der Waals surface area contributed by atoms with Crippen LogP contribution in [-0.4, -0.2) is 20.2 Å². The number of methoxy groups -OCH3 is 1. The van der Waals surface area contributed by atoms with E-state index >= 15 is 0 Å². The van der Waals surface area contributed by atoms with Crippen molar-refractivity contribution < 1.29 is 4.74 Å². The molecule has 0 amide bonds. The largest absolute Gasteiger partial charge is 0.497 e. The van der Waals surface area contributed by atoms with Crippen molar-refractivity contribution in [3.8, 4) is 5.75 Å². The highest BCUT2D eigenvalue weighted by Gasteiger charge is 2.15. The molecule has 1 aliphatic rings. The molecule has 1 aromatic heterocycles. The Kier molecular flexibility index (Phi) is 3.92. The zero-order valence-electron chi connectivity index (χ0n) is 11.7. The number of fused-ring (bicyclic) bond motifs is 1. The second-order valence-corrected chi connectivity index (χ2v) is 6.12. The fourth-order valence-electron chi connectivity index (χ4n) is 2.76. The smallest absolute Gasteiger partial charge is 0.211 e. The molecule has 0 atom stereocenters. The van der Waals surface area contributed by atoms with Gasteiger partial charge in [-0.25, -0.2) is 0 Å². The first-order valence-electron chi connectivity index (χ1n) is 7.14. The summed E-state index contributed by atoms with van der Waals surface area (Å²) in [6.07, 6.45) is 4.91. The van der Waals surface area contributed by atoms with Crippen molar-refractivity contribution in [2.24, 2.45) is 0 Å². The minimum Gasteiger partial charge on any atom is -0.497 e. The quantitative estimate of drug-likeness (QED) is 0.845. The Labute approximate surface area is 122 Å². The predicted octanol–water partition coefficient (Wildman–Crippen LogP) is 3.65. The van der Waals surface area contributed by atoms with Gasteiger partial charge in [-0.1, -0.05) is 12.8 Å². The van der Waals surface area contributed by atoms with Crippen molar-refractivity contribution in [1.29, 1.82) is 0 Å². The molecule has 3 nitrogen and oxygen atoms in total. The van der Waals surface area contributed by atoms with Gasteiger partial charge < -0.3 is 9.64 Å². The van der Waals surface area contributed by atoms with Crippen molar-refractivity contribution in [2.75, 3.05) is 25.1 Å². The van der Waals surface area contributed by atoms with Crippen molar-refractivity contribution in [2.45, 2.75) is 25.7 Å². The van der Waals surface area contributed by atoms with Crippen LogP contribution in [0.1, 0.15) is 25.7 Å². The molecule has 3 rings (SSSR count). The maximum Gasteiger partial charge on any atom is 0.211 e. The van der Waals surface area contributed by atoms with E-state index in [-0.39, 0.29) is 5.43 Å². The monoisotopic (exact) mass is 289 g/mol. The molecule has 0 unspecified atom stereocenters. The van der Waals surface area contributed by atoms with Crippen LogP contribution in [0.2, 0.25) is 0 Å². The van der Waals surface area contributed by atoms with Gasteiger partial charge in [0.05, 0.1) is 12.8 Å². The lowest BCUT2D eigenvalue weighted by Crippen LogP contribution is -2.28. The number of rotatable bonds is 2. The molecule has 2 aromatic rings. The number of anilines is 1. The third kappa shape index (κ3) is 2.52. The molecule has 1 aromatic carbocycles. The van der Waals surface area contributed by atoms with Crippen LogP contribution < -0.4 is 15.1 Å². The van der Waals surface area contributed by atoms with Crippen LogP contribution in [0, 0.1) is 0 Å². The van der Waals surface area contributed by atoms with Crippen molar-refractivity contribution in [3.05, 3.63) is 33.8 Å². The second kappa shape index (κ2) is 5.83. The molecule has 2 heterocycles.